The van der Waals surface area contributed by atoms with Gasteiger partial charge in [-0.3, -0.25) is 4.79 Å². The molecule has 0 fully saturated rings. The first-order valence-corrected chi connectivity index (χ1v) is 13.6. The third-order valence-electron chi connectivity index (χ3n) is 7.38. The van der Waals surface area contributed by atoms with Crippen molar-refractivity contribution in [3.8, 4) is 22.3 Å². The van der Waals surface area contributed by atoms with Gasteiger partial charge < -0.3 is 15.6 Å². The molecule has 3 N–H and O–H groups in total. The van der Waals surface area contributed by atoms with Crippen LogP contribution < -0.4 is 16.2 Å². The predicted octanol–water partition coefficient (Wildman–Crippen LogP) is 9.50. The van der Waals surface area contributed by atoms with Crippen molar-refractivity contribution in [2.45, 2.75) is 0 Å². The largest absolute Gasteiger partial charge is 0.356 e. The Hall–Kier alpha value is -5.61. The summed E-state index contributed by atoms with van der Waals surface area (Å²) in [4.78, 5) is 16.2. The number of hydrogen-bond acceptors (Lipinski definition) is 3. The molecular formula is C37H27N3O. The Morgan fingerprint density at radius 1 is 0.390 bits per heavy atom. The van der Waals surface area contributed by atoms with Gasteiger partial charge in [0.2, 0.25) is 0 Å². The van der Waals surface area contributed by atoms with Gasteiger partial charge in [-0.05, 0) is 76.2 Å². The number of rotatable bonds is 6. The predicted molar refractivity (Wildman–Crippen MR) is 172 cm³/mol. The highest BCUT2D eigenvalue weighted by Crippen LogP contribution is 2.30. The monoisotopic (exact) mass is 529 g/mol. The van der Waals surface area contributed by atoms with Gasteiger partial charge in [-0.25, -0.2) is 0 Å². The van der Waals surface area contributed by atoms with Crippen LogP contribution in [0.25, 0.3) is 43.9 Å². The van der Waals surface area contributed by atoms with Gasteiger partial charge in [0.25, 0.3) is 5.56 Å². The van der Waals surface area contributed by atoms with Gasteiger partial charge in [0.1, 0.15) is 0 Å². The van der Waals surface area contributed by atoms with E-state index in [1.165, 1.54) is 16.7 Å². The van der Waals surface area contributed by atoms with E-state index in [4.69, 9.17) is 0 Å². The summed E-state index contributed by atoms with van der Waals surface area (Å²) < 4.78 is 0. The zero-order chi connectivity index (χ0) is 27.6. The zero-order valence-corrected chi connectivity index (χ0v) is 22.3. The van der Waals surface area contributed by atoms with Crippen LogP contribution in [-0.2, 0) is 0 Å². The van der Waals surface area contributed by atoms with Crippen molar-refractivity contribution in [3.63, 3.8) is 0 Å². The van der Waals surface area contributed by atoms with Gasteiger partial charge in [-0.2, -0.15) is 0 Å². The van der Waals surface area contributed by atoms with Gasteiger partial charge >= 0.3 is 0 Å². The van der Waals surface area contributed by atoms with Crippen LogP contribution in [0, 0.1) is 0 Å². The van der Waals surface area contributed by atoms with E-state index in [2.05, 4.69) is 94.5 Å². The second kappa shape index (κ2) is 10.5. The van der Waals surface area contributed by atoms with Crippen molar-refractivity contribution >= 4 is 44.4 Å². The van der Waals surface area contributed by atoms with Crippen LogP contribution in [0.4, 0.5) is 22.7 Å². The third-order valence-corrected chi connectivity index (χ3v) is 7.38. The van der Waals surface area contributed by atoms with E-state index in [0.717, 1.165) is 44.6 Å². The SMILES string of the molecule is O=c1[nH]c2cc(Nc3ccc(-c4ccccc4)cc3)ccc2c2ccc(Nc3ccc(-c4ccccc4)cc3)cc12. The highest BCUT2D eigenvalue weighted by atomic mass is 16.1. The third kappa shape index (κ3) is 5.07. The topological polar surface area (TPSA) is 56.9 Å². The molecule has 1 aromatic heterocycles. The lowest BCUT2D eigenvalue weighted by Gasteiger charge is -2.12. The Morgan fingerprint density at radius 3 is 1.37 bits per heavy atom. The first-order valence-electron chi connectivity index (χ1n) is 13.6. The average molecular weight is 530 g/mol. The van der Waals surface area contributed by atoms with Gasteiger partial charge in [-0.1, -0.05) is 97.1 Å². The summed E-state index contributed by atoms with van der Waals surface area (Å²) in [5.41, 5.74) is 9.12. The van der Waals surface area contributed by atoms with Gasteiger partial charge in [0.05, 0.1) is 5.52 Å². The summed E-state index contributed by atoms with van der Waals surface area (Å²) in [7, 11) is 0. The van der Waals surface area contributed by atoms with E-state index >= 15 is 0 Å². The summed E-state index contributed by atoms with van der Waals surface area (Å²) in [5.74, 6) is 0. The average Bonchev–Trinajstić information content (AvgIpc) is 3.03. The van der Waals surface area contributed by atoms with Crippen LogP contribution in [0.3, 0.4) is 0 Å². The van der Waals surface area contributed by atoms with Crippen molar-refractivity contribution in [2.24, 2.45) is 0 Å². The number of fused-ring (bicyclic) bond motifs is 3. The maximum atomic E-state index is 13.1. The quantitative estimate of drug-likeness (QED) is 0.188. The number of aromatic nitrogens is 1. The molecular weight excluding hydrogens is 502 g/mol. The van der Waals surface area contributed by atoms with Crippen LogP contribution in [0.2, 0.25) is 0 Å². The van der Waals surface area contributed by atoms with Crippen molar-refractivity contribution in [1.29, 1.82) is 0 Å². The lowest BCUT2D eigenvalue weighted by atomic mass is 10.0. The molecule has 0 unspecified atom stereocenters. The molecule has 4 nitrogen and oxygen atoms in total. The number of hydrogen-bond donors (Lipinski definition) is 3. The molecule has 41 heavy (non-hydrogen) atoms. The molecule has 0 atom stereocenters. The number of benzene rings is 6. The van der Waals surface area contributed by atoms with Crippen LogP contribution >= 0.6 is 0 Å². The van der Waals surface area contributed by atoms with Crippen molar-refractivity contribution in [1.82, 2.24) is 4.98 Å². The molecule has 1 heterocycles. The van der Waals surface area contributed by atoms with Gasteiger partial charge in [0.15, 0.2) is 0 Å². The molecule has 0 saturated carbocycles. The number of H-pyrrole nitrogens is 1. The second-order valence-corrected chi connectivity index (χ2v) is 10.1. The molecule has 0 amide bonds. The van der Waals surface area contributed by atoms with Crippen LogP contribution in [0.1, 0.15) is 0 Å². The van der Waals surface area contributed by atoms with E-state index in [9.17, 15) is 4.79 Å². The Labute approximate surface area is 238 Å². The minimum atomic E-state index is -0.111. The van der Waals surface area contributed by atoms with Gasteiger partial charge in [-0.15, -0.1) is 0 Å². The zero-order valence-electron chi connectivity index (χ0n) is 22.3. The van der Waals surface area contributed by atoms with Crippen LogP contribution in [0.15, 0.2) is 150 Å². The summed E-state index contributed by atoms with van der Waals surface area (Å²) in [6.45, 7) is 0. The molecule has 0 radical (unpaired) electrons. The molecule has 196 valence electrons. The summed E-state index contributed by atoms with van der Waals surface area (Å²) in [6.07, 6.45) is 0. The maximum absolute atomic E-state index is 13.1. The summed E-state index contributed by atoms with van der Waals surface area (Å²) in [5, 5.41) is 9.48. The minimum absolute atomic E-state index is 0.111. The summed E-state index contributed by atoms with van der Waals surface area (Å²) >= 11 is 0. The fourth-order valence-corrected chi connectivity index (χ4v) is 5.28. The minimum Gasteiger partial charge on any atom is -0.356 e. The normalized spacial score (nSPS) is 11.0. The molecule has 0 spiro atoms. The Kier molecular flexibility index (Phi) is 6.26. The van der Waals surface area contributed by atoms with Crippen molar-refractivity contribution < 1.29 is 0 Å². The highest BCUT2D eigenvalue weighted by molar-refractivity contribution is 6.07. The molecule has 4 heteroatoms. The molecule has 0 aliphatic rings. The maximum Gasteiger partial charge on any atom is 0.256 e. The van der Waals surface area contributed by atoms with E-state index in [0.29, 0.717) is 5.39 Å². The molecule has 0 saturated heterocycles. The summed E-state index contributed by atoms with van der Waals surface area (Å²) in [6, 6.07) is 49.3. The fourth-order valence-electron chi connectivity index (χ4n) is 5.28. The number of aromatic amines is 1. The Bertz CT molecular complexity index is 2030. The van der Waals surface area contributed by atoms with Crippen molar-refractivity contribution in [3.05, 3.63) is 156 Å². The molecule has 7 aromatic rings. The molecule has 6 aromatic carbocycles. The van der Waals surface area contributed by atoms with E-state index in [-0.39, 0.29) is 5.56 Å². The number of pyridine rings is 1. The van der Waals surface area contributed by atoms with Gasteiger partial charge in [0, 0.05) is 33.5 Å². The Morgan fingerprint density at radius 2 is 0.829 bits per heavy atom. The number of anilines is 4. The van der Waals surface area contributed by atoms with E-state index in [1.807, 2.05) is 66.7 Å². The van der Waals surface area contributed by atoms with Crippen molar-refractivity contribution in [2.75, 3.05) is 10.6 Å². The van der Waals surface area contributed by atoms with E-state index < -0.39 is 0 Å². The molecule has 0 aliphatic carbocycles. The number of nitrogens with one attached hydrogen (secondary N) is 3. The van der Waals surface area contributed by atoms with Crippen LogP contribution in [0.5, 0.6) is 0 Å². The standard InChI is InChI=1S/C37H27N3O/c41-37-35-23-31(38-29-15-11-27(12-16-29)25-7-3-1-4-8-25)19-21-33(35)34-22-20-32(24-36(34)40-37)39-30-17-13-28(14-18-30)26-9-5-2-6-10-26/h1-24,38-39H,(H,40,41). The smallest absolute Gasteiger partial charge is 0.256 e. The molecule has 0 aliphatic heterocycles. The lowest BCUT2D eigenvalue weighted by molar-refractivity contribution is 1.34. The fraction of sp³-hybridized carbons (Fsp3) is 0. The van der Waals surface area contributed by atoms with E-state index in [1.54, 1.807) is 0 Å². The first kappa shape index (κ1) is 24.4. The molecule has 0 bridgehead atoms. The second-order valence-electron chi connectivity index (χ2n) is 10.1. The highest BCUT2D eigenvalue weighted by Gasteiger charge is 2.08. The van der Waals surface area contributed by atoms with Crippen LogP contribution in [-0.4, -0.2) is 4.98 Å². The molecule has 7 rings (SSSR count). The lowest BCUT2D eigenvalue weighted by Crippen LogP contribution is -2.07. The Balaban J connectivity index is 1.12. The first-order chi connectivity index (χ1) is 20.2.